The molecule has 2 saturated heterocycles. The van der Waals surface area contributed by atoms with E-state index >= 15 is 0 Å². The molecular formula is C19H28N3O4+. The van der Waals surface area contributed by atoms with E-state index in [1.165, 1.54) is 4.90 Å². The van der Waals surface area contributed by atoms with Gasteiger partial charge in [0.2, 0.25) is 11.8 Å². The van der Waals surface area contributed by atoms with Crippen LogP contribution in [-0.2, 0) is 14.3 Å². The lowest BCUT2D eigenvalue weighted by atomic mass is 10.1. The lowest BCUT2D eigenvalue weighted by Gasteiger charge is -2.23. The van der Waals surface area contributed by atoms with Gasteiger partial charge in [-0.05, 0) is 24.3 Å². The summed E-state index contributed by atoms with van der Waals surface area (Å²) < 4.78 is 10.5. The lowest BCUT2D eigenvalue weighted by molar-refractivity contribution is -0.908. The summed E-state index contributed by atoms with van der Waals surface area (Å²) in [4.78, 5) is 27.9. The molecular weight excluding hydrogens is 334 g/mol. The van der Waals surface area contributed by atoms with Crippen molar-refractivity contribution in [3.63, 3.8) is 0 Å². The lowest BCUT2D eigenvalue weighted by Crippen LogP contribution is -3.14. The van der Waals surface area contributed by atoms with E-state index in [1.54, 1.807) is 12.0 Å². The van der Waals surface area contributed by atoms with Crippen molar-refractivity contribution in [2.75, 3.05) is 57.9 Å². The van der Waals surface area contributed by atoms with Crippen LogP contribution in [0.4, 0.5) is 5.69 Å². The molecule has 2 aliphatic heterocycles. The first-order valence-electron chi connectivity index (χ1n) is 9.31. The van der Waals surface area contributed by atoms with Crippen molar-refractivity contribution in [3.05, 3.63) is 24.3 Å². The van der Waals surface area contributed by atoms with Crippen molar-refractivity contribution in [3.8, 4) is 5.75 Å². The zero-order valence-electron chi connectivity index (χ0n) is 15.3. The molecule has 1 atom stereocenters. The number of rotatable bonds is 7. The quantitative estimate of drug-likeness (QED) is 0.640. The van der Waals surface area contributed by atoms with Crippen molar-refractivity contribution in [1.82, 2.24) is 5.32 Å². The van der Waals surface area contributed by atoms with Gasteiger partial charge in [0.15, 0.2) is 0 Å². The molecule has 0 saturated carbocycles. The van der Waals surface area contributed by atoms with Crippen LogP contribution in [0.3, 0.4) is 0 Å². The molecule has 0 radical (unpaired) electrons. The highest BCUT2D eigenvalue weighted by Gasteiger charge is 2.34. The van der Waals surface area contributed by atoms with Crippen LogP contribution in [0.25, 0.3) is 0 Å². The fraction of sp³-hybridized carbons (Fsp3) is 0.579. The van der Waals surface area contributed by atoms with Crippen LogP contribution in [0.15, 0.2) is 24.3 Å². The number of ether oxygens (including phenoxy) is 2. The number of benzene rings is 1. The summed E-state index contributed by atoms with van der Waals surface area (Å²) >= 11 is 0. The molecule has 0 aromatic heterocycles. The minimum absolute atomic E-state index is 0.00641. The topological polar surface area (TPSA) is 72.3 Å². The van der Waals surface area contributed by atoms with Gasteiger partial charge in [0.1, 0.15) is 18.8 Å². The van der Waals surface area contributed by atoms with Gasteiger partial charge >= 0.3 is 0 Å². The van der Waals surface area contributed by atoms with Gasteiger partial charge in [0.25, 0.3) is 0 Å². The number of anilines is 1. The smallest absolute Gasteiger partial charge is 0.227 e. The maximum atomic E-state index is 12.4. The summed E-state index contributed by atoms with van der Waals surface area (Å²) in [6, 6.07) is 7.35. The predicted molar refractivity (Wildman–Crippen MR) is 97.5 cm³/mol. The fourth-order valence-electron chi connectivity index (χ4n) is 3.50. The molecule has 2 heterocycles. The number of nitrogens with zero attached hydrogens (tertiary/aromatic N) is 1. The van der Waals surface area contributed by atoms with Crippen LogP contribution < -0.4 is 19.9 Å². The number of carbonyl (C=O) groups is 2. The van der Waals surface area contributed by atoms with Crippen LogP contribution in [-0.4, -0.2) is 64.9 Å². The van der Waals surface area contributed by atoms with Gasteiger partial charge in [-0.1, -0.05) is 0 Å². The third-order valence-corrected chi connectivity index (χ3v) is 5.09. The van der Waals surface area contributed by atoms with Gasteiger partial charge < -0.3 is 24.6 Å². The number of carbonyl (C=O) groups excluding carboxylic acids is 2. The SMILES string of the molecule is COc1ccc(N2C[C@@H](C(=O)NCCC[NH+]3CCOCC3)CC2=O)cc1. The van der Waals surface area contributed by atoms with E-state index in [9.17, 15) is 9.59 Å². The van der Waals surface area contributed by atoms with E-state index in [-0.39, 0.29) is 24.2 Å². The van der Waals surface area contributed by atoms with Crippen molar-refractivity contribution in [1.29, 1.82) is 0 Å². The first-order valence-corrected chi connectivity index (χ1v) is 9.31. The predicted octanol–water partition coefficient (Wildman–Crippen LogP) is -0.530. The normalized spacial score (nSPS) is 21.0. The van der Waals surface area contributed by atoms with Crippen LogP contribution in [0.1, 0.15) is 12.8 Å². The Balaban J connectivity index is 1.42. The Morgan fingerprint density at radius 3 is 2.73 bits per heavy atom. The highest BCUT2D eigenvalue weighted by molar-refractivity contribution is 6.00. The Morgan fingerprint density at radius 2 is 2.04 bits per heavy atom. The van der Waals surface area contributed by atoms with Gasteiger partial charge in [-0.2, -0.15) is 0 Å². The minimum Gasteiger partial charge on any atom is -0.497 e. The van der Waals surface area contributed by atoms with Gasteiger partial charge in [-0.3, -0.25) is 9.59 Å². The molecule has 0 bridgehead atoms. The van der Waals surface area contributed by atoms with Crippen LogP contribution >= 0.6 is 0 Å². The second-order valence-corrected chi connectivity index (χ2v) is 6.86. The summed E-state index contributed by atoms with van der Waals surface area (Å²) in [5, 5.41) is 2.99. The molecule has 26 heavy (non-hydrogen) atoms. The Kier molecular flexibility index (Phi) is 6.46. The summed E-state index contributed by atoms with van der Waals surface area (Å²) in [6.45, 7) is 5.89. The minimum atomic E-state index is -0.277. The molecule has 1 aromatic carbocycles. The van der Waals surface area contributed by atoms with Crippen molar-refractivity contribution in [2.45, 2.75) is 12.8 Å². The monoisotopic (exact) mass is 362 g/mol. The Bertz CT molecular complexity index is 614. The third kappa shape index (κ3) is 4.74. The Morgan fingerprint density at radius 1 is 1.31 bits per heavy atom. The number of hydrogen-bond acceptors (Lipinski definition) is 4. The van der Waals surface area contributed by atoms with Gasteiger partial charge in [0.05, 0.1) is 32.8 Å². The van der Waals surface area contributed by atoms with E-state index in [0.29, 0.717) is 13.1 Å². The van der Waals surface area contributed by atoms with Gasteiger partial charge in [-0.25, -0.2) is 0 Å². The Hall–Kier alpha value is -2.12. The third-order valence-electron chi connectivity index (χ3n) is 5.09. The molecule has 0 spiro atoms. The molecule has 1 aromatic rings. The zero-order chi connectivity index (χ0) is 18.4. The highest BCUT2D eigenvalue weighted by atomic mass is 16.5. The zero-order valence-corrected chi connectivity index (χ0v) is 15.3. The van der Waals surface area contributed by atoms with E-state index in [0.717, 1.165) is 50.7 Å². The van der Waals surface area contributed by atoms with E-state index < -0.39 is 0 Å². The van der Waals surface area contributed by atoms with Gasteiger partial charge in [-0.15, -0.1) is 0 Å². The largest absolute Gasteiger partial charge is 0.497 e. The summed E-state index contributed by atoms with van der Waals surface area (Å²) in [7, 11) is 1.61. The van der Waals surface area contributed by atoms with Crippen molar-refractivity contribution >= 4 is 17.5 Å². The van der Waals surface area contributed by atoms with Crippen LogP contribution in [0.2, 0.25) is 0 Å². The summed E-state index contributed by atoms with van der Waals surface area (Å²) in [6.07, 6.45) is 1.22. The van der Waals surface area contributed by atoms with E-state index in [2.05, 4.69) is 5.32 Å². The summed E-state index contributed by atoms with van der Waals surface area (Å²) in [5.41, 5.74) is 0.807. The number of quaternary nitrogens is 1. The molecule has 2 aliphatic rings. The Labute approximate surface area is 154 Å². The molecule has 2 N–H and O–H groups in total. The maximum Gasteiger partial charge on any atom is 0.227 e. The average molecular weight is 362 g/mol. The number of morpholine rings is 1. The molecule has 3 rings (SSSR count). The average Bonchev–Trinajstić information content (AvgIpc) is 3.08. The second kappa shape index (κ2) is 9.00. The number of methoxy groups -OCH3 is 1. The molecule has 2 fully saturated rings. The molecule has 0 unspecified atom stereocenters. The van der Waals surface area contributed by atoms with Crippen LogP contribution in [0, 0.1) is 5.92 Å². The van der Waals surface area contributed by atoms with Crippen molar-refractivity contribution < 1.29 is 24.0 Å². The van der Waals surface area contributed by atoms with Crippen LogP contribution in [0.5, 0.6) is 5.75 Å². The van der Waals surface area contributed by atoms with E-state index in [1.807, 2.05) is 24.3 Å². The maximum absolute atomic E-state index is 12.4. The first kappa shape index (κ1) is 18.7. The fourth-order valence-corrected chi connectivity index (χ4v) is 3.50. The molecule has 142 valence electrons. The second-order valence-electron chi connectivity index (χ2n) is 6.86. The first-order chi connectivity index (χ1) is 12.7. The number of hydrogen-bond donors (Lipinski definition) is 2. The van der Waals surface area contributed by atoms with Crippen molar-refractivity contribution in [2.24, 2.45) is 5.92 Å². The molecule has 7 nitrogen and oxygen atoms in total. The van der Waals surface area contributed by atoms with E-state index in [4.69, 9.17) is 9.47 Å². The molecule has 0 aliphatic carbocycles. The highest BCUT2D eigenvalue weighted by Crippen LogP contribution is 2.26. The standard InChI is InChI=1S/C19H27N3O4/c1-25-17-5-3-16(4-6-17)22-14-15(13-18(22)23)19(24)20-7-2-8-21-9-11-26-12-10-21/h3-6,15H,2,7-14H2,1H3,(H,20,24)/p+1/t15-/m0/s1. The molecule has 2 amide bonds. The van der Waals surface area contributed by atoms with Gasteiger partial charge in [0, 0.05) is 31.6 Å². The number of amides is 2. The molecule has 7 heteroatoms. The summed E-state index contributed by atoms with van der Waals surface area (Å²) in [5.74, 6) is 0.442. The number of nitrogens with one attached hydrogen (secondary N) is 2.